The molecular formula is C12H17FN2O2. The summed E-state index contributed by atoms with van der Waals surface area (Å²) in [6.45, 7) is 3.22. The van der Waals surface area contributed by atoms with Gasteiger partial charge in [-0.05, 0) is 31.6 Å². The van der Waals surface area contributed by atoms with E-state index in [0.29, 0.717) is 6.54 Å². The summed E-state index contributed by atoms with van der Waals surface area (Å²) in [4.78, 5) is 11.6. The van der Waals surface area contributed by atoms with E-state index in [1.807, 2.05) is 14.0 Å². The fraction of sp³-hybridized carbons (Fsp3) is 0.417. The van der Waals surface area contributed by atoms with Gasteiger partial charge in [0.25, 0.3) is 5.91 Å². The van der Waals surface area contributed by atoms with Gasteiger partial charge in [-0.2, -0.15) is 0 Å². The number of nitrogens with one attached hydrogen (secondary N) is 2. The van der Waals surface area contributed by atoms with Crippen molar-refractivity contribution in [3.05, 3.63) is 29.6 Å². The first kappa shape index (κ1) is 13.4. The number of rotatable bonds is 5. The van der Waals surface area contributed by atoms with Crippen LogP contribution in [0.15, 0.2) is 18.2 Å². The number of benzene rings is 1. The van der Waals surface area contributed by atoms with E-state index >= 15 is 0 Å². The fourth-order valence-corrected chi connectivity index (χ4v) is 1.47. The lowest BCUT2D eigenvalue weighted by molar-refractivity contribution is 0.0944. The Kier molecular flexibility index (Phi) is 4.90. The summed E-state index contributed by atoms with van der Waals surface area (Å²) in [7, 11) is 1.83. The summed E-state index contributed by atoms with van der Waals surface area (Å²) in [6.07, 6.45) is 0. The molecule has 0 radical (unpaired) electrons. The Balaban J connectivity index is 2.58. The molecular weight excluding hydrogens is 223 g/mol. The predicted octanol–water partition coefficient (Wildman–Crippen LogP) is 1.12. The zero-order valence-corrected chi connectivity index (χ0v) is 9.96. The van der Waals surface area contributed by atoms with Crippen LogP contribution in [-0.4, -0.2) is 31.2 Å². The Morgan fingerprint density at radius 2 is 2.18 bits per heavy atom. The van der Waals surface area contributed by atoms with E-state index in [1.54, 1.807) is 0 Å². The van der Waals surface area contributed by atoms with Crippen molar-refractivity contribution in [2.45, 2.75) is 6.92 Å². The molecule has 17 heavy (non-hydrogen) atoms. The predicted molar refractivity (Wildman–Crippen MR) is 63.5 cm³/mol. The van der Waals surface area contributed by atoms with E-state index in [9.17, 15) is 9.18 Å². The van der Waals surface area contributed by atoms with Gasteiger partial charge in [-0.3, -0.25) is 4.79 Å². The average Bonchev–Trinajstić information content (AvgIpc) is 2.26. The molecule has 0 saturated heterocycles. The van der Waals surface area contributed by atoms with Gasteiger partial charge < -0.3 is 15.7 Å². The number of amides is 1. The van der Waals surface area contributed by atoms with Gasteiger partial charge in [0.15, 0.2) is 0 Å². The molecule has 1 rings (SSSR count). The number of carbonyl (C=O) groups excluding carboxylic acids is 1. The van der Waals surface area contributed by atoms with Crippen molar-refractivity contribution in [2.24, 2.45) is 5.92 Å². The molecule has 0 spiro atoms. The number of phenolic OH excluding ortho intramolecular Hbond substituents is 1. The summed E-state index contributed by atoms with van der Waals surface area (Å²) in [5, 5.41) is 14.7. The second-order valence-electron chi connectivity index (χ2n) is 4.04. The second kappa shape index (κ2) is 6.20. The Bertz CT molecular complexity index is 396. The average molecular weight is 240 g/mol. The number of halogens is 1. The van der Waals surface area contributed by atoms with E-state index in [-0.39, 0.29) is 17.2 Å². The minimum atomic E-state index is -0.719. The Hall–Kier alpha value is -1.62. The monoisotopic (exact) mass is 240 g/mol. The summed E-state index contributed by atoms with van der Waals surface area (Å²) >= 11 is 0. The maximum absolute atomic E-state index is 13.3. The molecule has 4 nitrogen and oxygen atoms in total. The number of aromatic hydroxyl groups is 1. The van der Waals surface area contributed by atoms with Crippen LogP contribution in [0.2, 0.25) is 0 Å². The highest BCUT2D eigenvalue weighted by atomic mass is 19.1. The molecule has 0 fully saturated rings. The molecule has 0 aliphatic heterocycles. The summed E-state index contributed by atoms with van der Waals surface area (Å²) in [5.41, 5.74) is -0.0561. The van der Waals surface area contributed by atoms with Crippen LogP contribution in [0.25, 0.3) is 0 Å². The summed E-state index contributed by atoms with van der Waals surface area (Å²) < 4.78 is 13.3. The quantitative estimate of drug-likeness (QED) is 0.722. The molecule has 1 amide bonds. The normalized spacial score (nSPS) is 12.2. The molecule has 3 N–H and O–H groups in total. The Morgan fingerprint density at radius 3 is 2.76 bits per heavy atom. The van der Waals surface area contributed by atoms with Crippen molar-refractivity contribution < 1.29 is 14.3 Å². The van der Waals surface area contributed by atoms with Crippen LogP contribution in [0.1, 0.15) is 17.3 Å². The van der Waals surface area contributed by atoms with Crippen LogP contribution in [0, 0.1) is 11.7 Å². The van der Waals surface area contributed by atoms with Gasteiger partial charge in [-0.25, -0.2) is 4.39 Å². The first-order valence-corrected chi connectivity index (χ1v) is 5.46. The van der Waals surface area contributed by atoms with E-state index in [4.69, 9.17) is 5.11 Å². The van der Waals surface area contributed by atoms with Crippen molar-refractivity contribution in [2.75, 3.05) is 20.1 Å². The van der Waals surface area contributed by atoms with Crippen LogP contribution in [-0.2, 0) is 0 Å². The second-order valence-corrected chi connectivity index (χ2v) is 4.04. The van der Waals surface area contributed by atoms with Gasteiger partial charge in [-0.15, -0.1) is 0 Å². The molecule has 0 bridgehead atoms. The van der Waals surface area contributed by atoms with Crippen molar-refractivity contribution in [1.82, 2.24) is 10.6 Å². The lowest BCUT2D eigenvalue weighted by atomic mass is 10.1. The minimum Gasteiger partial charge on any atom is -0.508 e. The molecule has 1 aromatic carbocycles. The van der Waals surface area contributed by atoms with Gasteiger partial charge >= 0.3 is 0 Å². The SMILES string of the molecule is CNCC(C)CNC(=O)c1ccc(O)cc1F. The molecule has 1 atom stereocenters. The zero-order chi connectivity index (χ0) is 12.8. The summed E-state index contributed by atoms with van der Waals surface area (Å²) in [5.74, 6) is -1.11. The molecule has 5 heteroatoms. The minimum absolute atomic E-state index is 0.0561. The smallest absolute Gasteiger partial charge is 0.254 e. The highest BCUT2D eigenvalue weighted by molar-refractivity contribution is 5.94. The molecule has 0 aliphatic rings. The van der Waals surface area contributed by atoms with Crippen molar-refractivity contribution in [1.29, 1.82) is 0 Å². The third-order valence-electron chi connectivity index (χ3n) is 2.36. The standard InChI is InChI=1S/C12H17FN2O2/c1-8(6-14-2)7-15-12(17)10-4-3-9(16)5-11(10)13/h3-5,8,14,16H,6-7H2,1-2H3,(H,15,17). The van der Waals surface area contributed by atoms with Crippen molar-refractivity contribution >= 4 is 5.91 Å². The van der Waals surface area contributed by atoms with Crippen molar-refractivity contribution in [3.63, 3.8) is 0 Å². The van der Waals surface area contributed by atoms with Crippen molar-refractivity contribution in [3.8, 4) is 5.75 Å². The Morgan fingerprint density at radius 1 is 1.47 bits per heavy atom. The highest BCUT2D eigenvalue weighted by Crippen LogP contribution is 2.14. The zero-order valence-electron chi connectivity index (χ0n) is 9.96. The van der Waals surface area contributed by atoms with Crippen LogP contribution >= 0.6 is 0 Å². The van der Waals surface area contributed by atoms with E-state index < -0.39 is 11.7 Å². The molecule has 0 aromatic heterocycles. The lowest BCUT2D eigenvalue weighted by Crippen LogP contribution is -2.32. The van der Waals surface area contributed by atoms with Crippen LogP contribution < -0.4 is 10.6 Å². The number of hydrogen-bond acceptors (Lipinski definition) is 3. The molecule has 94 valence electrons. The third kappa shape index (κ3) is 4.03. The van der Waals surface area contributed by atoms with Crippen LogP contribution in [0.3, 0.4) is 0 Å². The highest BCUT2D eigenvalue weighted by Gasteiger charge is 2.12. The molecule has 0 saturated carbocycles. The van der Waals surface area contributed by atoms with Gasteiger partial charge in [0, 0.05) is 12.6 Å². The maximum Gasteiger partial charge on any atom is 0.254 e. The van der Waals surface area contributed by atoms with Gasteiger partial charge in [-0.1, -0.05) is 6.92 Å². The fourth-order valence-electron chi connectivity index (χ4n) is 1.47. The summed E-state index contributed by atoms with van der Waals surface area (Å²) in [6, 6.07) is 3.48. The van der Waals surface area contributed by atoms with E-state index in [0.717, 1.165) is 12.6 Å². The van der Waals surface area contributed by atoms with Gasteiger partial charge in [0.1, 0.15) is 11.6 Å². The van der Waals surface area contributed by atoms with Crippen LogP contribution in [0.5, 0.6) is 5.75 Å². The first-order chi connectivity index (χ1) is 8.04. The topological polar surface area (TPSA) is 61.4 Å². The number of carbonyl (C=O) groups is 1. The third-order valence-corrected chi connectivity index (χ3v) is 2.36. The maximum atomic E-state index is 13.3. The largest absolute Gasteiger partial charge is 0.508 e. The number of hydrogen-bond donors (Lipinski definition) is 3. The first-order valence-electron chi connectivity index (χ1n) is 5.46. The molecule has 0 aliphatic carbocycles. The van der Waals surface area contributed by atoms with Gasteiger partial charge in [0.2, 0.25) is 0 Å². The van der Waals surface area contributed by atoms with Crippen LogP contribution in [0.4, 0.5) is 4.39 Å². The van der Waals surface area contributed by atoms with Gasteiger partial charge in [0.05, 0.1) is 5.56 Å². The Labute approximate surface area is 99.8 Å². The lowest BCUT2D eigenvalue weighted by Gasteiger charge is -2.12. The van der Waals surface area contributed by atoms with E-state index in [2.05, 4.69) is 10.6 Å². The molecule has 1 unspecified atom stereocenters. The molecule has 0 heterocycles. The number of phenols is 1. The molecule has 1 aromatic rings. The van der Waals surface area contributed by atoms with E-state index in [1.165, 1.54) is 12.1 Å².